The van der Waals surface area contributed by atoms with E-state index in [-0.39, 0.29) is 5.91 Å². The number of nitrogens with one attached hydrogen (secondary N) is 2. The minimum Gasteiger partial charge on any atom is -0.497 e. The summed E-state index contributed by atoms with van der Waals surface area (Å²) in [7, 11) is 3.23. The lowest BCUT2D eigenvalue weighted by Crippen LogP contribution is -2.13. The van der Waals surface area contributed by atoms with Crippen LogP contribution in [0, 0.1) is 6.92 Å². The highest BCUT2D eigenvalue weighted by Gasteiger charge is 2.10. The molecule has 3 rings (SSSR count). The van der Waals surface area contributed by atoms with Gasteiger partial charge >= 0.3 is 0 Å². The summed E-state index contributed by atoms with van der Waals surface area (Å²) >= 11 is 0. The lowest BCUT2D eigenvalue weighted by atomic mass is 10.1. The molecule has 0 spiro atoms. The van der Waals surface area contributed by atoms with E-state index < -0.39 is 0 Å². The Kier molecular flexibility index (Phi) is 6.68. The highest BCUT2D eigenvalue weighted by atomic mass is 16.5. The molecule has 1 amide bonds. The van der Waals surface area contributed by atoms with Gasteiger partial charge in [0.05, 0.1) is 25.5 Å². The van der Waals surface area contributed by atoms with Crippen LogP contribution in [0.15, 0.2) is 60.8 Å². The van der Waals surface area contributed by atoms with Gasteiger partial charge in [-0.05, 0) is 60.9 Å². The van der Waals surface area contributed by atoms with Gasteiger partial charge in [0, 0.05) is 12.7 Å². The fourth-order valence-electron chi connectivity index (χ4n) is 2.87. The highest BCUT2D eigenvalue weighted by molar-refractivity contribution is 6.05. The number of methoxy groups -OCH3 is 2. The first-order valence-electron chi connectivity index (χ1n) is 9.38. The van der Waals surface area contributed by atoms with Crippen LogP contribution in [0.5, 0.6) is 11.5 Å². The van der Waals surface area contributed by atoms with Crippen molar-refractivity contribution >= 4 is 17.4 Å². The smallest absolute Gasteiger partial charge is 0.257 e. The van der Waals surface area contributed by atoms with Crippen LogP contribution in [-0.4, -0.2) is 31.7 Å². The van der Waals surface area contributed by atoms with Crippen molar-refractivity contribution in [1.82, 2.24) is 4.98 Å². The third-order valence-corrected chi connectivity index (χ3v) is 4.51. The van der Waals surface area contributed by atoms with Crippen LogP contribution in [0.3, 0.4) is 0 Å². The number of benzene rings is 2. The number of pyridine rings is 1. The molecule has 0 saturated heterocycles. The summed E-state index contributed by atoms with van der Waals surface area (Å²) < 4.78 is 10.5. The quantitative estimate of drug-likeness (QED) is 0.598. The summed E-state index contributed by atoms with van der Waals surface area (Å²) in [4.78, 5) is 16.9. The number of nitrogens with zero attached hydrogens (tertiary/aromatic N) is 1. The summed E-state index contributed by atoms with van der Waals surface area (Å²) in [6.07, 6.45) is 2.42. The number of rotatable bonds is 8. The summed E-state index contributed by atoms with van der Waals surface area (Å²) in [5.41, 5.74) is 3.37. The minimum atomic E-state index is -0.230. The number of hydrogen-bond acceptors (Lipinski definition) is 5. The molecule has 0 bridgehead atoms. The maximum Gasteiger partial charge on any atom is 0.257 e. The standard InChI is InChI=1S/C23H25N3O3/c1-16-4-10-21(29-3)20(14-16)26-23(27)18-7-11-22(25-15-18)24-13-12-17-5-8-19(28-2)9-6-17/h4-11,14-15H,12-13H2,1-3H3,(H,24,25)(H,26,27). The monoisotopic (exact) mass is 391 g/mol. The molecule has 0 radical (unpaired) electrons. The van der Waals surface area contributed by atoms with E-state index in [0.29, 0.717) is 17.0 Å². The van der Waals surface area contributed by atoms with E-state index in [1.807, 2.05) is 49.4 Å². The molecule has 0 fully saturated rings. The Hall–Kier alpha value is -3.54. The molecule has 0 aliphatic heterocycles. The van der Waals surface area contributed by atoms with E-state index in [9.17, 15) is 4.79 Å². The third-order valence-electron chi connectivity index (χ3n) is 4.51. The van der Waals surface area contributed by atoms with Gasteiger partial charge in [0.2, 0.25) is 0 Å². The van der Waals surface area contributed by atoms with Crippen LogP contribution < -0.4 is 20.1 Å². The second-order valence-corrected chi connectivity index (χ2v) is 6.61. The Labute approximate surface area is 170 Å². The van der Waals surface area contributed by atoms with Crippen LogP contribution in [0.4, 0.5) is 11.5 Å². The SMILES string of the molecule is COc1ccc(CCNc2ccc(C(=O)Nc3cc(C)ccc3OC)cn2)cc1. The molecular formula is C23H25N3O3. The van der Waals surface area contributed by atoms with E-state index in [0.717, 1.165) is 30.1 Å². The van der Waals surface area contributed by atoms with Gasteiger partial charge in [-0.25, -0.2) is 4.98 Å². The molecule has 0 saturated carbocycles. The predicted molar refractivity (Wildman–Crippen MR) is 115 cm³/mol. The Bertz CT molecular complexity index is 954. The van der Waals surface area contributed by atoms with Crippen molar-refractivity contribution in [2.24, 2.45) is 0 Å². The van der Waals surface area contributed by atoms with E-state index in [4.69, 9.17) is 9.47 Å². The number of hydrogen-bond donors (Lipinski definition) is 2. The molecule has 6 heteroatoms. The van der Waals surface area contributed by atoms with Gasteiger partial charge in [-0.15, -0.1) is 0 Å². The molecule has 1 heterocycles. The van der Waals surface area contributed by atoms with Gasteiger partial charge in [-0.3, -0.25) is 4.79 Å². The van der Waals surface area contributed by atoms with Crippen LogP contribution in [0.25, 0.3) is 0 Å². The van der Waals surface area contributed by atoms with Crippen molar-refractivity contribution in [3.05, 3.63) is 77.5 Å². The number of aromatic nitrogens is 1. The first-order valence-corrected chi connectivity index (χ1v) is 9.38. The zero-order valence-electron chi connectivity index (χ0n) is 16.9. The Morgan fingerprint density at radius 2 is 1.79 bits per heavy atom. The molecule has 1 aromatic heterocycles. The van der Waals surface area contributed by atoms with Crippen LogP contribution >= 0.6 is 0 Å². The average Bonchev–Trinajstić information content (AvgIpc) is 2.75. The second-order valence-electron chi connectivity index (χ2n) is 6.61. The lowest BCUT2D eigenvalue weighted by molar-refractivity contribution is 0.102. The Balaban J connectivity index is 1.55. The molecule has 0 aliphatic carbocycles. The summed E-state index contributed by atoms with van der Waals surface area (Å²) in [5.74, 6) is 1.96. The van der Waals surface area contributed by atoms with Crippen LogP contribution in [0.2, 0.25) is 0 Å². The lowest BCUT2D eigenvalue weighted by Gasteiger charge is -2.11. The van der Waals surface area contributed by atoms with Gasteiger partial charge in [0.15, 0.2) is 0 Å². The topological polar surface area (TPSA) is 72.5 Å². The summed E-state index contributed by atoms with van der Waals surface area (Å²) in [6, 6.07) is 17.2. The number of amides is 1. The number of carbonyl (C=O) groups excluding carboxylic acids is 1. The predicted octanol–water partition coefficient (Wildman–Crippen LogP) is 4.31. The molecule has 6 nitrogen and oxygen atoms in total. The van der Waals surface area contributed by atoms with Crippen molar-refractivity contribution in [1.29, 1.82) is 0 Å². The van der Waals surface area contributed by atoms with Crippen molar-refractivity contribution in [3.8, 4) is 11.5 Å². The maximum absolute atomic E-state index is 12.5. The maximum atomic E-state index is 12.5. The van der Waals surface area contributed by atoms with E-state index >= 15 is 0 Å². The zero-order chi connectivity index (χ0) is 20.6. The zero-order valence-corrected chi connectivity index (χ0v) is 16.9. The van der Waals surface area contributed by atoms with Crippen LogP contribution in [-0.2, 0) is 6.42 Å². The first kappa shape index (κ1) is 20.2. The van der Waals surface area contributed by atoms with E-state index in [2.05, 4.69) is 15.6 Å². The average molecular weight is 391 g/mol. The molecule has 150 valence electrons. The third kappa shape index (κ3) is 5.48. The van der Waals surface area contributed by atoms with Crippen molar-refractivity contribution in [2.45, 2.75) is 13.3 Å². The van der Waals surface area contributed by atoms with Crippen molar-refractivity contribution < 1.29 is 14.3 Å². The fourth-order valence-corrected chi connectivity index (χ4v) is 2.87. The second kappa shape index (κ2) is 9.59. The minimum absolute atomic E-state index is 0.230. The molecule has 29 heavy (non-hydrogen) atoms. The van der Waals surface area contributed by atoms with Gasteiger partial charge < -0.3 is 20.1 Å². The Morgan fingerprint density at radius 1 is 1.00 bits per heavy atom. The van der Waals surface area contributed by atoms with E-state index in [1.54, 1.807) is 32.5 Å². The first-order chi connectivity index (χ1) is 14.1. The van der Waals surface area contributed by atoms with Crippen molar-refractivity contribution in [2.75, 3.05) is 31.4 Å². The molecule has 0 unspecified atom stereocenters. The molecule has 3 aromatic rings. The van der Waals surface area contributed by atoms with E-state index in [1.165, 1.54) is 5.56 Å². The molecular weight excluding hydrogens is 366 g/mol. The summed E-state index contributed by atoms with van der Waals surface area (Å²) in [5, 5.41) is 6.15. The highest BCUT2D eigenvalue weighted by Crippen LogP contribution is 2.25. The largest absolute Gasteiger partial charge is 0.497 e. The normalized spacial score (nSPS) is 10.3. The number of carbonyl (C=O) groups is 1. The number of aryl methyl sites for hydroxylation is 1. The van der Waals surface area contributed by atoms with Gasteiger partial charge in [-0.1, -0.05) is 18.2 Å². The van der Waals surface area contributed by atoms with Crippen LogP contribution in [0.1, 0.15) is 21.5 Å². The molecule has 2 aromatic carbocycles. The molecule has 0 atom stereocenters. The molecule has 0 aliphatic rings. The molecule has 2 N–H and O–H groups in total. The fraction of sp³-hybridized carbons (Fsp3) is 0.217. The summed E-state index contributed by atoms with van der Waals surface area (Å²) in [6.45, 7) is 2.70. The van der Waals surface area contributed by atoms with Gasteiger partial charge in [0.25, 0.3) is 5.91 Å². The van der Waals surface area contributed by atoms with Crippen molar-refractivity contribution in [3.63, 3.8) is 0 Å². The Morgan fingerprint density at radius 3 is 2.45 bits per heavy atom. The number of ether oxygens (including phenoxy) is 2. The van der Waals surface area contributed by atoms with Gasteiger partial charge in [0.1, 0.15) is 17.3 Å². The number of anilines is 2. The van der Waals surface area contributed by atoms with Gasteiger partial charge in [-0.2, -0.15) is 0 Å².